The Morgan fingerprint density at radius 2 is 1.75 bits per heavy atom. The third-order valence-corrected chi connectivity index (χ3v) is 0. The van der Waals surface area contributed by atoms with Crippen LogP contribution in [0.15, 0.2) is 0 Å². The normalized spacial score (nSPS) is 3.00. The summed E-state index contributed by atoms with van der Waals surface area (Å²) in [6.07, 6.45) is 0.250. The Morgan fingerprint density at radius 3 is 1.75 bits per heavy atom. The fraction of sp³-hybridized carbons (Fsp3) is 0. The minimum absolute atomic E-state index is 0. The van der Waals surface area contributed by atoms with Crippen molar-refractivity contribution in [3.05, 3.63) is 0 Å². The molecule has 0 saturated heterocycles. The molecular formula is CH3ArNO. The number of hydrogen-bond acceptors (Lipinski definition) is 1. The van der Waals surface area contributed by atoms with Gasteiger partial charge in [-0.2, -0.15) is 0 Å². The van der Waals surface area contributed by atoms with E-state index in [4.69, 9.17) is 4.79 Å². The minimum Gasteiger partial charge on any atom is -0.372 e. The summed E-state index contributed by atoms with van der Waals surface area (Å²) in [5.74, 6) is 0. The molecule has 0 atom stereocenters. The molecule has 0 aromatic heterocycles. The quantitative estimate of drug-likeness (QED) is 0.380. The van der Waals surface area contributed by atoms with Crippen LogP contribution in [-0.4, -0.2) is 6.41 Å². The molecule has 0 aliphatic carbocycles. The molecule has 0 aliphatic rings. The Hall–Kier alpha value is 0.730. The zero-order valence-corrected chi connectivity index (χ0v) is 2.62. The molecule has 0 aromatic carbocycles. The summed E-state index contributed by atoms with van der Waals surface area (Å²) in [4.78, 5) is 8.58. The van der Waals surface area contributed by atoms with Gasteiger partial charge in [-0.25, -0.2) is 0 Å². The minimum atomic E-state index is 0. The monoisotopic (exact) mass is 85.0 g/mol. The van der Waals surface area contributed by atoms with Crippen LogP contribution in [0.3, 0.4) is 0 Å². The summed E-state index contributed by atoms with van der Waals surface area (Å²) in [5.41, 5.74) is 4.17. The first-order valence-corrected chi connectivity index (χ1v) is 0.569. The fourth-order valence-electron chi connectivity index (χ4n) is 0. The summed E-state index contributed by atoms with van der Waals surface area (Å²) < 4.78 is 0. The predicted molar refractivity (Wildman–Crippen MR) is 10.3 cm³/mol. The molecule has 0 rings (SSSR count). The van der Waals surface area contributed by atoms with Crippen LogP contribution in [0.25, 0.3) is 0 Å². The second kappa shape index (κ2) is 9.29. The topological polar surface area (TPSA) is 43.1 Å². The van der Waals surface area contributed by atoms with Gasteiger partial charge in [0.05, 0.1) is 0 Å². The van der Waals surface area contributed by atoms with Gasteiger partial charge in [0, 0.05) is 37.7 Å². The van der Waals surface area contributed by atoms with E-state index >= 15 is 0 Å². The van der Waals surface area contributed by atoms with E-state index in [1.807, 2.05) is 0 Å². The standard InChI is InChI=1S/CH3NO.Ar/c2-1-3;/h1H,(H2,2,3);. The maximum Gasteiger partial charge on any atom is 0.204 e. The van der Waals surface area contributed by atoms with Crippen LogP contribution in [0.4, 0.5) is 0 Å². The summed E-state index contributed by atoms with van der Waals surface area (Å²) in [6.45, 7) is 0. The van der Waals surface area contributed by atoms with Crippen molar-refractivity contribution >= 4 is 6.41 Å². The summed E-state index contributed by atoms with van der Waals surface area (Å²) in [7, 11) is 0. The van der Waals surface area contributed by atoms with Gasteiger partial charge >= 0.3 is 0 Å². The molecule has 0 spiro atoms. The molecule has 2 nitrogen and oxygen atoms in total. The molecule has 0 aliphatic heterocycles. The number of hydrogen-bond donors (Lipinski definition) is 1. The Kier molecular flexibility index (Phi) is 20.5. The molecule has 0 aromatic rings. The van der Waals surface area contributed by atoms with Crippen molar-refractivity contribution in [1.82, 2.24) is 0 Å². The van der Waals surface area contributed by atoms with Gasteiger partial charge in [-0.1, -0.05) is 0 Å². The summed E-state index contributed by atoms with van der Waals surface area (Å²) in [6, 6.07) is 0. The van der Waals surface area contributed by atoms with Crippen molar-refractivity contribution in [2.45, 2.75) is 0 Å². The first-order chi connectivity index (χ1) is 1.41. The van der Waals surface area contributed by atoms with Gasteiger partial charge in [-0.05, 0) is 0 Å². The van der Waals surface area contributed by atoms with E-state index in [2.05, 4.69) is 5.73 Å². The molecule has 0 unspecified atom stereocenters. The van der Waals surface area contributed by atoms with Gasteiger partial charge in [-0.3, -0.25) is 4.79 Å². The van der Waals surface area contributed by atoms with Gasteiger partial charge in [0.2, 0.25) is 6.41 Å². The van der Waals surface area contributed by atoms with Gasteiger partial charge in [0.15, 0.2) is 0 Å². The fourth-order valence-corrected chi connectivity index (χ4v) is 0. The Morgan fingerprint density at radius 1 is 1.75 bits per heavy atom. The average molecular weight is 85.0 g/mol. The first kappa shape index (κ1) is 8.83. The molecule has 0 saturated carbocycles. The van der Waals surface area contributed by atoms with Crippen LogP contribution in [0.2, 0.25) is 0 Å². The molecular weight excluding hydrogens is 82.0 g/mol. The zero-order chi connectivity index (χ0) is 2.71. The molecule has 0 bridgehead atoms. The molecule has 0 heterocycles. The van der Waals surface area contributed by atoms with E-state index in [1.54, 1.807) is 0 Å². The maximum absolute atomic E-state index is 8.58. The maximum atomic E-state index is 8.58. The zero-order valence-electron chi connectivity index (χ0n) is 1.92. The smallest absolute Gasteiger partial charge is 0.204 e. The van der Waals surface area contributed by atoms with Crippen LogP contribution >= 0.6 is 0 Å². The predicted octanol–water partition coefficient (Wildman–Crippen LogP) is -0.899. The third kappa shape index (κ3) is 15.3. The van der Waals surface area contributed by atoms with E-state index < -0.39 is 0 Å². The number of carbonyl (C=O) groups excluding carboxylic acids is 1. The summed E-state index contributed by atoms with van der Waals surface area (Å²) in [5, 5.41) is 0. The second-order valence-electron chi connectivity index (χ2n) is 0.136. The molecule has 0 fully saturated rings. The number of carbonyl (C=O) groups is 1. The van der Waals surface area contributed by atoms with Crippen molar-refractivity contribution in [2.75, 3.05) is 0 Å². The number of rotatable bonds is 0. The van der Waals surface area contributed by atoms with E-state index in [0.29, 0.717) is 0 Å². The Labute approximate surface area is 54.4 Å². The Bertz CT molecular complexity index is 15.5. The summed E-state index contributed by atoms with van der Waals surface area (Å²) >= 11 is 0. The molecule has 26 valence electrons. The van der Waals surface area contributed by atoms with Crippen LogP contribution in [0.1, 0.15) is 0 Å². The van der Waals surface area contributed by atoms with Crippen molar-refractivity contribution in [2.24, 2.45) is 5.73 Å². The van der Waals surface area contributed by atoms with Gasteiger partial charge in [0.1, 0.15) is 0 Å². The molecule has 2 N–H and O–H groups in total. The molecule has 0 radical (unpaired) electrons. The van der Waals surface area contributed by atoms with Crippen molar-refractivity contribution in [3.8, 4) is 0 Å². The molecule has 4 heavy (non-hydrogen) atoms. The van der Waals surface area contributed by atoms with Crippen LogP contribution in [0.5, 0.6) is 0 Å². The van der Waals surface area contributed by atoms with E-state index in [0.717, 1.165) is 0 Å². The largest absolute Gasteiger partial charge is 0.372 e. The second-order valence-corrected chi connectivity index (χ2v) is 0.136. The van der Waals surface area contributed by atoms with Crippen LogP contribution in [-0.2, 0) is 4.79 Å². The van der Waals surface area contributed by atoms with E-state index in [-0.39, 0.29) is 44.1 Å². The number of amides is 1. The van der Waals surface area contributed by atoms with Crippen molar-refractivity contribution in [3.63, 3.8) is 0 Å². The van der Waals surface area contributed by atoms with E-state index in [9.17, 15) is 0 Å². The van der Waals surface area contributed by atoms with Gasteiger partial charge < -0.3 is 5.73 Å². The van der Waals surface area contributed by atoms with Crippen molar-refractivity contribution in [1.29, 1.82) is 0 Å². The number of nitrogens with two attached hydrogens (primary N) is 1. The van der Waals surface area contributed by atoms with Crippen LogP contribution < -0.4 is 5.73 Å². The molecule has 1 amide bonds. The SMILES string of the molecule is NC=O.[Ar]. The average Bonchev–Trinajstić information content (AvgIpc) is 0.918. The number of primary amides is 1. The van der Waals surface area contributed by atoms with Gasteiger partial charge in [-0.15, -0.1) is 0 Å². The third-order valence-electron chi connectivity index (χ3n) is 0. The molecule has 3 heteroatoms. The first-order valence-electron chi connectivity index (χ1n) is 0.569. The van der Waals surface area contributed by atoms with Crippen LogP contribution in [0, 0.1) is 37.7 Å². The van der Waals surface area contributed by atoms with E-state index in [1.165, 1.54) is 0 Å². The van der Waals surface area contributed by atoms with Crippen molar-refractivity contribution < 1.29 is 42.5 Å². The van der Waals surface area contributed by atoms with Gasteiger partial charge in [0.25, 0.3) is 0 Å². The Balaban J connectivity index is 0.